The molecule has 0 aliphatic carbocycles. The second kappa shape index (κ2) is 7.22. The number of nitrogens with zero attached hydrogens (tertiary/aromatic N) is 5. The first-order chi connectivity index (χ1) is 16.8. The molecule has 0 amide bonds. The lowest BCUT2D eigenvalue weighted by Gasteiger charge is -2.33. The Balaban J connectivity index is 1.69. The van der Waals surface area contributed by atoms with E-state index in [4.69, 9.17) is 11.3 Å². The van der Waals surface area contributed by atoms with Crippen molar-refractivity contribution in [2.75, 3.05) is 22.8 Å². The highest BCUT2D eigenvalue weighted by Crippen LogP contribution is 2.44. The molecule has 0 bridgehead atoms. The molecule has 6 nitrogen and oxygen atoms in total. The van der Waals surface area contributed by atoms with Gasteiger partial charge in [-0.05, 0) is 59.7 Å². The number of fused-ring (bicyclic) bond motifs is 3. The number of hydrogen-bond acceptors (Lipinski definition) is 6. The molecular formula is C25H31N5O. The zero-order valence-corrected chi connectivity index (χ0v) is 18.5. The fourth-order valence-corrected chi connectivity index (χ4v) is 4.61. The number of aryl methyl sites for hydroxylation is 1. The minimum atomic E-state index is -2.08. The number of aromatic nitrogens is 1. The van der Waals surface area contributed by atoms with Gasteiger partial charge in [0.15, 0.2) is 5.58 Å². The molecule has 5 rings (SSSR count). The first kappa shape index (κ1) is 14.8. The lowest BCUT2D eigenvalue weighted by molar-refractivity contribution is 0.333. The highest BCUT2D eigenvalue weighted by atomic mass is 16.3. The standard InChI is InChI=1S/C25H31N5O/c1-7-27-11-13-29(18(27)5)22-15-21-20-10-9-16(3)26-25(20)31-24(21)23(17(22)4)30-14-12-28(8-2)19(30)6/h9-15,18-19H,7-8H2,1-6H3/t18-,19+/m1/s1/i2D3,7D2. The van der Waals surface area contributed by atoms with Gasteiger partial charge < -0.3 is 24.0 Å². The summed E-state index contributed by atoms with van der Waals surface area (Å²) in [6.45, 7) is 5.78. The van der Waals surface area contributed by atoms with Gasteiger partial charge in [-0.2, -0.15) is 0 Å². The van der Waals surface area contributed by atoms with Crippen LogP contribution in [-0.4, -0.2) is 40.2 Å². The van der Waals surface area contributed by atoms with Crippen molar-refractivity contribution < 1.29 is 11.3 Å². The molecule has 1 aromatic carbocycles. The van der Waals surface area contributed by atoms with Crippen LogP contribution in [0.25, 0.3) is 22.1 Å². The first-order valence-electron chi connectivity index (χ1n) is 13.1. The van der Waals surface area contributed by atoms with Crippen LogP contribution in [0.4, 0.5) is 11.4 Å². The quantitative estimate of drug-likeness (QED) is 0.552. The summed E-state index contributed by atoms with van der Waals surface area (Å²) in [5, 5.41) is 1.80. The van der Waals surface area contributed by atoms with E-state index in [1.54, 1.807) is 18.0 Å². The molecular weight excluding hydrogens is 386 g/mol. The molecule has 2 aliphatic heterocycles. The van der Waals surface area contributed by atoms with Gasteiger partial charge in [-0.15, -0.1) is 0 Å². The monoisotopic (exact) mass is 422 g/mol. The minimum Gasteiger partial charge on any atom is -0.435 e. The van der Waals surface area contributed by atoms with Crippen molar-refractivity contribution in [1.29, 1.82) is 0 Å². The van der Waals surface area contributed by atoms with Crippen molar-refractivity contribution in [3.63, 3.8) is 0 Å². The van der Waals surface area contributed by atoms with Crippen molar-refractivity contribution >= 4 is 33.4 Å². The predicted molar refractivity (Wildman–Crippen MR) is 128 cm³/mol. The molecule has 0 spiro atoms. The minimum absolute atomic E-state index is 0.0592. The lowest BCUT2D eigenvalue weighted by atomic mass is 10.0. The molecule has 0 unspecified atom stereocenters. The van der Waals surface area contributed by atoms with Gasteiger partial charge in [0.1, 0.15) is 12.3 Å². The number of anilines is 2. The maximum atomic E-state index is 8.22. The van der Waals surface area contributed by atoms with Crippen molar-refractivity contribution in [2.45, 2.75) is 53.8 Å². The topological polar surface area (TPSA) is 39.0 Å². The van der Waals surface area contributed by atoms with Crippen LogP contribution in [0.15, 0.2) is 47.4 Å². The van der Waals surface area contributed by atoms with Gasteiger partial charge in [-0.25, -0.2) is 4.98 Å². The summed E-state index contributed by atoms with van der Waals surface area (Å²) in [5.41, 5.74) is 4.81. The fourth-order valence-electron chi connectivity index (χ4n) is 4.61. The fraction of sp³-hybridized carbons (Fsp3) is 0.400. The summed E-state index contributed by atoms with van der Waals surface area (Å²) >= 11 is 0. The van der Waals surface area contributed by atoms with Gasteiger partial charge in [0.25, 0.3) is 0 Å². The van der Waals surface area contributed by atoms with Crippen LogP contribution in [0.5, 0.6) is 0 Å². The summed E-state index contributed by atoms with van der Waals surface area (Å²) in [6.07, 6.45) is 6.91. The third kappa shape index (κ3) is 2.88. The van der Waals surface area contributed by atoms with Crippen LogP contribution in [0.2, 0.25) is 0 Å². The molecule has 31 heavy (non-hydrogen) atoms. The van der Waals surface area contributed by atoms with Gasteiger partial charge in [0.05, 0.1) is 5.69 Å². The van der Waals surface area contributed by atoms with Gasteiger partial charge in [0, 0.05) is 72.4 Å². The molecule has 2 aromatic heterocycles. The molecule has 6 heteroatoms. The van der Waals surface area contributed by atoms with E-state index in [2.05, 4.69) is 16.0 Å². The Morgan fingerprint density at radius 1 is 1.03 bits per heavy atom. The Bertz CT molecular complexity index is 1390. The third-order valence-electron chi connectivity index (χ3n) is 6.44. The second-order valence-corrected chi connectivity index (χ2v) is 8.13. The zero-order chi connectivity index (χ0) is 26.2. The van der Waals surface area contributed by atoms with Crippen molar-refractivity contribution in [2.24, 2.45) is 0 Å². The average molecular weight is 423 g/mol. The molecule has 0 radical (unpaired) electrons. The summed E-state index contributed by atoms with van der Waals surface area (Å²) in [7, 11) is 0. The Morgan fingerprint density at radius 2 is 1.77 bits per heavy atom. The van der Waals surface area contributed by atoms with Crippen LogP contribution in [0.1, 0.15) is 45.7 Å². The summed E-state index contributed by atoms with van der Waals surface area (Å²) < 4.78 is 46.0. The van der Waals surface area contributed by atoms with Crippen LogP contribution in [-0.2, 0) is 0 Å². The number of benzene rings is 1. The van der Waals surface area contributed by atoms with E-state index in [0.717, 1.165) is 33.4 Å². The number of hydrogen-bond donors (Lipinski definition) is 0. The van der Waals surface area contributed by atoms with Gasteiger partial charge >= 0.3 is 0 Å². The molecule has 3 aromatic rings. The largest absolute Gasteiger partial charge is 0.435 e. The average Bonchev–Trinajstić information content (AvgIpc) is 3.42. The molecule has 0 fully saturated rings. The number of pyridine rings is 1. The zero-order valence-electron chi connectivity index (χ0n) is 23.5. The summed E-state index contributed by atoms with van der Waals surface area (Å²) in [4.78, 5) is 12.2. The SMILES string of the molecule is [2H]C([2H])([2H])CN1C=CN(c2c(C)c(N3C=CN(C([2H])([2H])C)[C@H]3C)cc3c2oc2nc(C)ccc23)[C@H]1C. The van der Waals surface area contributed by atoms with Crippen molar-refractivity contribution in [3.05, 3.63) is 54.3 Å². The maximum Gasteiger partial charge on any atom is 0.227 e. The third-order valence-corrected chi connectivity index (χ3v) is 6.44. The molecule has 2 aliphatic rings. The number of rotatable bonds is 4. The highest BCUT2D eigenvalue weighted by Gasteiger charge is 2.31. The summed E-state index contributed by atoms with van der Waals surface area (Å²) in [6, 6.07) is 6.05. The first-order valence-corrected chi connectivity index (χ1v) is 10.6. The Morgan fingerprint density at radius 3 is 2.52 bits per heavy atom. The van der Waals surface area contributed by atoms with Gasteiger partial charge in [-0.1, -0.05) is 0 Å². The normalized spacial score (nSPS) is 24.2. The second-order valence-electron chi connectivity index (χ2n) is 8.13. The van der Waals surface area contributed by atoms with E-state index in [-0.39, 0.29) is 18.9 Å². The van der Waals surface area contributed by atoms with E-state index in [1.165, 1.54) is 0 Å². The van der Waals surface area contributed by atoms with Gasteiger partial charge in [-0.3, -0.25) is 0 Å². The lowest BCUT2D eigenvalue weighted by Crippen LogP contribution is -2.37. The summed E-state index contributed by atoms with van der Waals surface area (Å²) in [5.74, 6) is 0. The Labute approximate surface area is 191 Å². The predicted octanol–water partition coefficient (Wildman–Crippen LogP) is 5.52. The van der Waals surface area contributed by atoms with Crippen LogP contribution >= 0.6 is 0 Å². The van der Waals surface area contributed by atoms with E-state index in [9.17, 15) is 0 Å². The smallest absolute Gasteiger partial charge is 0.227 e. The van der Waals surface area contributed by atoms with Crippen LogP contribution in [0, 0.1) is 13.8 Å². The molecule has 0 saturated heterocycles. The van der Waals surface area contributed by atoms with Crippen LogP contribution in [0.3, 0.4) is 0 Å². The van der Waals surface area contributed by atoms with Crippen molar-refractivity contribution in [3.8, 4) is 0 Å². The van der Waals surface area contributed by atoms with E-state index >= 15 is 0 Å². The highest BCUT2D eigenvalue weighted by molar-refractivity contribution is 6.11. The molecule has 0 N–H and O–H groups in total. The molecule has 2 atom stereocenters. The van der Waals surface area contributed by atoms with Crippen molar-refractivity contribution in [1.82, 2.24) is 14.8 Å². The molecule has 162 valence electrons. The van der Waals surface area contributed by atoms with Gasteiger partial charge in [0.2, 0.25) is 5.71 Å². The molecule has 0 saturated carbocycles. The van der Waals surface area contributed by atoms with E-state index < -0.39 is 13.3 Å². The number of furan rings is 1. The maximum absolute atomic E-state index is 8.22. The van der Waals surface area contributed by atoms with E-state index in [1.807, 2.05) is 68.2 Å². The Kier molecular flexibility index (Phi) is 3.44. The van der Waals surface area contributed by atoms with Crippen LogP contribution < -0.4 is 9.80 Å². The molecule has 4 heterocycles. The van der Waals surface area contributed by atoms with E-state index in [0.29, 0.717) is 11.3 Å². The Hall–Kier alpha value is -3.15.